The lowest BCUT2D eigenvalue weighted by atomic mass is 9.64. The van der Waals surface area contributed by atoms with Crippen molar-refractivity contribution in [3.8, 4) is 0 Å². The standard InChI is InChI=1S/C23H28N2O4S/c1-3-4-15-22(2)21(26)29-16-20(18-11-7-5-8-12-18)23(22,17-25-24)30(27,28)19-13-9-6-10-14-19/h5-14,17,20H,3-4,15-16,24H2,1-2H3. The maximum atomic E-state index is 14.3. The Hall–Kier alpha value is -2.67. The molecule has 0 amide bonds. The Bertz CT molecular complexity index is 1010. The highest BCUT2D eigenvalue weighted by Gasteiger charge is 2.67. The van der Waals surface area contributed by atoms with Gasteiger partial charge in [-0.15, -0.1) is 0 Å². The van der Waals surface area contributed by atoms with Gasteiger partial charge in [0, 0.05) is 12.1 Å². The van der Waals surface area contributed by atoms with Crippen LogP contribution in [-0.2, 0) is 19.4 Å². The average molecular weight is 429 g/mol. The molecule has 0 bridgehead atoms. The van der Waals surface area contributed by atoms with Crippen molar-refractivity contribution in [1.29, 1.82) is 0 Å². The lowest BCUT2D eigenvalue weighted by molar-refractivity contribution is -0.164. The number of ether oxygens (including phenoxy) is 1. The molecule has 1 aliphatic heterocycles. The highest BCUT2D eigenvalue weighted by molar-refractivity contribution is 7.93. The molecule has 0 spiro atoms. The summed E-state index contributed by atoms with van der Waals surface area (Å²) < 4.78 is 32.4. The number of hydrogen-bond donors (Lipinski definition) is 1. The largest absolute Gasteiger partial charge is 0.464 e. The van der Waals surface area contributed by atoms with Gasteiger partial charge in [-0.2, -0.15) is 5.10 Å². The van der Waals surface area contributed by atoms with Gasteiger partial charge in [0.05, 0.1) is 10.3 Å². The van der Waals surface area contributed by atoms with Crippen molar-refractivity contribution in [3.63, 3.8) is 0 Å². The van der Waals surface area contributed by atoms with E-state index < -0.39 is 31.9 Å². The van der Waals surface area contributed by atoms with Gasteiger partial charge in [-0.25, -0.2) is 8.42 Å². The van der Waals surface area contributed by atoms with E-state index in [1.807, 2.05) is 37.3 Å². The molecule has 1 aliphatic rings. The number of nitrogens with two attached hydrogens (primary N) is 1. The van der Waals surface area contributed by atoms with Crippen LogP contribution < -0.4 is 5.84 Å². The number of esters is 1. The summed E-state index contributed by atoms with van der Waals surface area (Å²) in [6.07, 6.45) is 3.07. The molecule has 2 aromatic rings. The predicted octanol–water partition coefficient (Wildman–Crippen LogP) is 3.68. The van der Waals surface area contributed by atoms with Crippen LogP contribution in [0.25, 0.3) is 0 Å². The van der Waals surface area contributed by atoms with E-state index >= 15 is 0 Å². The van der Waals surface area contributed by atoms with E-state index in [2.05, 4.69) is 5.10 Å². The third kappa shape index (κ3) is 3.31. The van der Waals surface area contributed by atoms with Crippen molar-refractivity contribution in [3.05, 3.63) is 66.2 Å². The fourth-order valence-electron chi connectivity index (χ4n) is 4.53. The van der Waals surface area contributed by atoms with Crippen LogP contribution in [0.3, 0.4) is 0 Å². The van der Waals surface area contributed by atoms with Gasteiger partial charge in [0.2, 0.25) is 0 Å². The van der Waals surface area contributed by atoms with Crippen molar-refractivity contribution in [2.24, 2.45) is 16.4 Å². The van der Waals surface area contributed by atoms with E-state index in [4.69, 9.17) is 10.6 Å². The van der Waals surface area contributed by atoms with Crippen LogP contribution in [0, 0.1) is 5.41 Å². The highest BCUT2D eigenvalue weighted by Crippen LogP contribution is 2.54. The molecule has 7 heteroatoms. The molecule has 3 atom stereocenters. The van der Waals surface area contributed by atoms with E-state index in [0.29, 0.717) is 12.8 Å². The smallest absolute Gasteiger partial charge is 0.313 e. The normalized spacial score (nSPS) is 27.1. The second-order valence-electron chi connectivity index (χ2n) is 7.89. The molecule has 3 rings (SSSR count). The summed E-state index contributed by atoms with van der Waals surface area (Å²) in [5.74, 6) is 4.41. The SMILES string of the molecule is CCCCC1(C)C(=O)OCC(c2ccccc2)C1(C=NN)S(=O)(=O)c1ccccc1. The molecule has 1 heterocycles. The number of carbonyl (C=O) groups is 1. The lowest BCUT2D eigenvalue weighted by Gasteiger charge is -2.51. The number of rotatable bonds is 7. The lowest BCUT2D eigenvalue weighted by Crippen LogP contribution is -2.65. The fourth-order valence-corrected chi connectivity index (χ4v) is 7.00. The molecule has 3 unspecified atom stereocenters. The number of unbranched alkanes of at least 4 members (excludes halogenated alkanes) is 1. The van der Waals surface area contributed by atoms with Crippen LogP contribution in [0.1, 0.15) is 44.6 Å². The Morgan fingerprint density at radius 2 is 1.73 bits per heavy atom. The van der Waals surface area contributed by atoms with E-state index in [1.54, 1.807) is 37.3 Å². The first-order valence-electron chi connectivity index (χ1n) is 10.1. The third-order valence-electron chi connectivity index (χ3n) is 6.21. The van der Waals surface area contributed by atoms with Gasteiger partial charge < -0.3 is 10.6 Å². The zero-order chi connectivity index (χ0) is 21.8. The topological polar surface area (TPSA) is 98.8 Å². The molecule has 0 aliphatic carbocycles. The average Bonchev–Trinajstić information content (AvgIpc) is 2.77. The summed E-state index contributed by atoms with van der Waals surface area (Å²) >= 11 is 0. The number of hydrogen-bond acceptors (Lipinski definition) is 6. The molecule has 6 nitrogen and oxygen atoms in total. The highest BCUT2D eigenvalue weighted by atomic mass is 32.2. The quantitative estimate of drug-likeness (QED) is 0.314. The number of cyclic esters (lactones) is 1. The number of carbonyl (C=O) groups excluding carboxylic acids is 1. The molecule has 2 aromatic carbocycles. The van der Waals surface area contributed by atoms with Gasteiger partial charge in [-0.1, -0.05) is 68.3 Å². The molecule has 2 N–H and O–H groups in total. The van der Waals surface area contributed by atoms with Crippen molar-refractivity contribution < 1.29 is 17.9 Å². The summed E-state index contributed by atoms with van der Waals surface area (Å²) in [4.78, 5) is 13.3. The zero-order valence-electron chi connectivity index (χ0n) is 17.3. The van der Waals surface area contributed by atoms with Crippen LogP contribution in [0.15, 0.2) is 70.7 Å². The zero-order valence-corrected chi connectivity index (χ0v) is 18.1. The Kier molecular flexibility index (Phi) is 6.31. The molecule has 0 aromatic heterocycles. The molecular weight excluding hydrogens is 400 g/mol. The van der Waals surface area contributed by atoms with Crippen LogP contribution in [0.4, 0.5) is 0 Å². The van der Waals surface area contributed by atoms with Crippen molar-refractivity contribution in [2.45, 2.75) is 48.7 Å². The van der Waals surface area contributed by atoms with E-state index in [-0.39, 0.29) is 11.5 Å². The van der Waals surface area contributed by atoms with Gasteiger partial charge in [0.15, 0.2) is 9.84 Å². The van der Waals surface area contributed by atoms with Gasteiger partial charge >= 0.3 is 5.97 Å². The molecule has 160 valence electrons. The first-order valence-corrected chi connectivity index (χ1v) is 11.6. The van der Waals surface area contributed by atoms with Crippen LogP contribution in [0.5, 0.6) is 0 Å². The fraction of sp³-hybridized carbons (Fsp3) is 0.391. The Morgan fingerprint density at radius 3 is 2.30 bits per heavy atom. The van der Waals surface area contributed by atoms with Crippen LogP contribution in [0.2, 0.25) is 0 Å². The van der Waals surface area contributed by atoms with Crippen LogP contribution in [-0.4, -0.2) is 32.0 Å². The summed E-state index contributed by atoms with van der Waals surface area (Å²) in [6.45, 7) is 3.60. The number of nitrogens with zero attached hydrogens (tertiary/aromatic N) is 1. The second kappa shape index (κ2) is 8.60. The number of sulfone groups is 1. The minimum Gasteiger partial charge on any atom is -0.464 e. The minimum absolute atomic E-state index is 0.0668. The number of hydrazone groups is 1. The Morgan fingerprint density at radius 1 is 1.13 bits per heavy atom. The van der Waals surface area contributed by atoms with Crippen molar-refractivity contribution in [1.82, 2.24) is 0 Å². The molecule has 1 fully saturated rings. The van der Waals surface area contributed by atoms with Crippen molar-refractivity contribution in [2.75, 3.05) is 6.61 Å². The first-order chi connectivity index (χ1) is 14.3. The van der Waals surface area contributed by atoms with Gasteiger partial charge in [-0.05, 0) is 31.0 Å². The Balaban J connectivity index is 2.38. The monoisotopic (exact) mass is 428 g/mol. The Labute approximate surface area is 178 Å². The molecular formula is C23H28N2O4S. The van der Waals surface area contributed by atoms with E-state index in [1.165, 1.54) is 6.21 Å². The predicted molar refractivity (Wildman–Crippen MR) is 117 cm³/mol. The van der Waals surface area contributed by atoms with Gasteiger partial charge in [0.1, 0.15) is 11.4 Å². The molecule has 0 saturated carbocycles. The van der Waals surface area contributed by atoms with Crippen LogP contribution >= 0.6 is 0 Å². The molecule has 0 radical (unpaired) electrons. The summed E-state index contributed by atoms with van der Waals surface area (Å²) in [5, 5.41) is 3.73. The maximum Gasteiger partial charge on any atom is 0.313 e. The minimum atomic E-state index is -4.08. The number of benzene rings is 2. The third-order valence-corrected chi connectivity index (χ3v) is 8.83. The molecule has 1 saturated heterocycles. The molecule has 30 heavy (non-hydrogen) atoms. The van der Waals surface area contributed by atoms with E-state index in [9.17, 15) is 13.2 Å². The first kappa shape index (κ1) is 22.0. The van der Waals surface area contributed by atoms with E-state index in [0.717, 1.165) is 12.0 Å². The summed E-state index contributed by atoms with van der Waals surface area (Å²) in [7, 11) is -4.08. The summed E-state index contributed by atoms with van der Waals surface area (Å²) in [6, 6.07) is 17.4. The summed E-state index contributed by atoms with van der Waals surface area (Å²) in [5.41, 5.74) is -0.605. The maximum absolute atomic E-state index is 14.3. The second-order valence-corrected chi connectivity index (χ2v) is 10.0. The van der Waals surface area contributed by atoms with Gasteiger partial charge in [0.25, 0.3) is 0 Å². The van der Waals surface area contributed by atoms with Crippen molar-refractivity contribution >= 4 is 22.0 Å². The van der Waals surface area contributed by atoms with Gasteiger partial charge in [-0.3, -0.25) is 4.79 Å².